The molecule has 1 aliphatic heterocycles. The number of nitrogens with zero attached hydrogens (tertiary/aromatic N) is 1. The van der Waals surface area contributed by atoms with Crippen molar-refractivity contribution in [2.75, 3.05) is 27.2 Å². The predicted octanol–water partition coefficient (Wildman–Crippen LogP) is -0.876. The first-order chi connectivity index (χ1) is 7.56. The van der Waals surface area contributed by atoms with Gasteiger partial charge in [0.1, 0.15) is 0 Å². The molecule has 2 atom stereocenters. The zero-order valence-corrected chi connectivity index (χ0v) is 10.0. The predicted molar refractivity (Wildman–Crippen MR) is 61.1 cm³/mol. The van der Waals surface area contributed by atoms with Crippen molar-refractivity contribution in [3.05, 3.63) is 0 Å². The molecular weight excluding hydrogens is 208 g/mol. The lowest BCUT2D eigenvalue weighted by molar-refractivity contribution is -0.124. The Bertz CT molecular complexity index is 264. The standard InChI is InChI=1S/C10H20N4O2/c1-7(9(15)13-10(16)11-2)14(3)8-4-5-12-6-8/h7-8,12H,4-6H2,1-3H3,(H2,11,13,15,16). The van der Waals surface area contributed by atoms with Crippen molar-refractivity contribution in [3.63, 3.8) is 0 Å². The molecule has 1 heterocycles. The molecule has 0 aromatic rings. The smallest absolute Gasteiger partial charge is 0.321 e. The van der Waals surface area contributed by atoms with Gasteiger partial charge in [-0.05, 0) is 26.9 Å². The molecule has 0 spiro atoms. The molecule has 6 nitrogen and oxygen atoms in total. The van der Waals surface area contributed by atoms with Crippen molar-refractivity contribution in [1.82, 2.24) is 20.9 Å². The molecule has 3 N–H and O–H groups in total. The largest absolute Gasteiger partial charge is 0.341 e. The zero-order chi connectivity index (χ0) is 12.1. The Balaban J connectivity index is 2.45. The van der Waals surface area contributed by atoms with Crippen molar-refractivity contribution in [2.24, 2.45) is 0 Å². The normalized spacial score (nSPS) is 21.9. The van der Waals surface area contributed by atoms with Gasteiger partial charge in [0.25, 0.3) is 0 Å². The average Bonchev–Trinajstić information content (AvgIpc) is 2.80. The lowest BCUT2D eigenvalue weighted by atomic mass is 10.1. The fraction of sp³-hybridized carbons (Fsp3) is 0.800. The summed E-state index contributed by atoms with van der Waals surface area (Å²) in [5, 5.41) is 7.89. The molecule has 1 rings (SSSR count). The Hall–Kier alpha value is -1.14. The number of rotatable bonds is 3. The summed E-state index contributed by atoms with van der Waals surface area (Å²) in [5.74, 6) is -0.270. The Morgan fingerprint density at radius 1 is 1.50 bits per heavy atom. The molecule has 6 heteroatoms. The minimum Gasteiger partial charge on any atom is -0.341 e. The van der Waals surface area contributed by atoms with Gasteiger partial charge in [-0.25, -0.2) is 4.79 Å². The maximum Gasteiger partial charge on any atom is 0.321 e. The number of urea groups is 1. The number of hydrogen-bond acceptors (Lipinski definition) is 4. The summed E-state index contributed by atoms with van der Waals surface area (Å²) in [6.45, 7) is 3.68. The maximum absolute atomic E-state index is 11.7. The summed E-state index contributed by atoms with van der Waals surface area (Å²) in [7, 11) is 3.39. The van der Waals surface area contributed by atoms with E-state index in [0.29, 0.717) is 6.04 Å². The molecule has 0 bridgehead atoms. The summed E-state index contributed by atoms with van der Waals surface area (Å²) < 4.78 is 0. The summed E-state index contributed by atoms with van der Waals surface area (Å²) in [5.41, 5.74) is 0. The minimum atomic E-state index is -0.463. The number of carbonyl (C=O) groups excluding carboxylic acids is 2. The van der Waals surface area contributed by atoms with Crippen LogP contribution >= 0.6 is 0 Å². The molecule has 0 aromatic heterocycles. The van der Waals surface area contributed by atoms with E-state index >= 15 is 0 Å². The van der Waals surface area contributed by atoms with Gasteiger partial charge in [0.15, 0.2) is 0 Å². The summed E-state index contributed by atoms with van der Waals surface area (Å²) in [6.07, 6.45) is 1.04. The maximum atomic E-state index is 11.7. The highest BCUT2D eigenvalue weighted by Crippen LogP contribution is 2.09. The summed E-state index contributed by atoms with van der Waals surface area (Å²) in [4.78, 5) is 24.7. The van der Waals surface area contributed by atoms with Crippen LogP contribution in [0.2, 0.25) is 0 Å². The molecule has 16 heavy (non-hydrogen) atoms. The van der Waals surface area contributed by atoms with E-state index < -0.39 is 6.03 Å². The van der Waals surface area contributed by atoms with E-state index in [9.17, 15) is 9.59 Å². The van der Waals surface area contributed by atoms with Crippen LogP contribution in [0.3, 0.4) is 0 Å². The van der Waals surface area contributed by atoms with Gasteiger partial charge in [-0.2, -0.15) is 0 Å². The van der Waals surface area contributed by atoms with Crippen molar-refractivity contribution in [2.45, 2.75) is 25.4 Å². The van der Waals surface area contributed by atoms with Crippen LogP contribution in [-0.2, 0) is 4.79 Å². The molecule has 0 saturated carbocycles. The van der Waals surface area contributed by atoms with Crippen LogP contribution in [0, 0.1) is 0 Å². The van der Waals surface area contributed by atoms with Crippen molar-refractivity contribution in [3.8, 4) is 0 Å². The number of hydrogen-bond donors (Lipinski definition) is 3. The zero-order valence-electron chi connectivity index (χ0n) is 10.0. The van der Waals surface area contributed by atoms with Crippen molar-refractivity contribution >= 4 is 11.9 Å². The highest BCUT2D eigenvalue weighted by atomic mass is 16.2. The van der Waals surface area contributed by atoms with Gasteiger partial charge >= 0.3 is 6.03 Å². The third-order valence-electron chi connectivity index (χ3n) is 3.06. The fourth-order valence-corrected chi connectivity index (χ4v) is 1.77. The molecule has 1 fully saturated rings. The fourth-order valence-electron chi connectivity index (χ4n) is 1.77. The van der Waals surface area contributed by atoms with Gasteiger partial charge in [0, 0.05) is 19.6 Å². The van der Waals surface area contributed by atoms with Gasteiger partial charge in [0.2, 0.25) is 5.91 Å². The van der Waals surface area contributed by atoms with Crippen LogP contribution < -0.4 is 16.0 Å². The quantitative estimate of drug-likeness (QED) is 0.587. The summed E-state index contributed by atoms with van der Waals surface area (Å²) in [6, 6.07) is -0.401. The monoisotopic (exact) mass is 228 g/mol. The second-order valence-corrected chi connectivity index (χ2v) is 4.06. The van der Waals surface area contributed by atoms with Gasteiger partial charge in [-0.15, -0.1) is 0 Å². The third kappa shape index (κ3) is 3.18. The number of likely N-dealkylation sites (N-methyl/N-ethyl adjacent to an activating group) is 1. The van der Waals surface area contributed by atoms with Crippen LogP contribution in [0.5, 0.6) is 0 Å². The second kappa shape index (κ2) is 5.81. The summed E-state index contributed by atoms with van der Waals surface area (Å²) >= 11 is 0. The lowest BCUT2D eigenvalue weighted by Crippen LogP contribution is -2.51. The molecule has 1 aliphatic rings. The van der Waals surface area contributed by atoms with E-state index in [1.165, 1.54) is 7.05 Å². The van der Waals surface area contributed by atoms with Crippen LogP contribution in [-0.4, -0.2) is 56.1 Å². The molecule has 3 amide bonds. The van der Waals surface area contributed by atoms with E-state index in [1.807, 2.05) is 11.9 Å². The molecule has 92 valence electrons. The Morgan fingerprint density at radius 3 is 2.69 bits per heavy atom. The Morgan fingerprint density at radius 2 is 2.19 bits per heavy atom. The number of carbonyl (C=O) groups is 2. The van der Waals surface area contributed by atoms with E-state index in [1.54, 1.807) is 6.92 Å². The van der Waals surface area contributed by atoms with Crippen LogP contribution in [0.25, 0.3) is 0 Å². The number of amides is 3. The van der Waals surface area contributed by atoms with Gasteiger partial charge < -0.3 is 10.6 Å². The SMILES string of the molecule is CNC(=O)NC(=O)C(C)N(C)C1CCNC1. The third-order valence-corrected chi connectivity index (χ3v) is 3.06. The van der Waals surface area contributed by atoms with Crippen LogP contribution in [0.4, 0.5) is 4.79 Å². The lowest BCUT2D eigenvalue weighted by Gasteiger charge is -2.28. The number of imide groups is 1. The second-order valence-electron chi connectivity index (χ2n) is 4.06. The first-order valence-electron chi connectivity index (χ1n) is 5.51. The minimum absolute atomic E-state index is 0.270. The van der Waals surface area contributed by atoms with Crippen LogP contribution in [0.15, 0.2) is 0 Å². The highest BCUT2D eigenvalue weighted by molar-refractivity contribution is 5.96. The molecule has 0 aromatic carbocycles. The topological polar surface area (TPSA) is 73.5 Å². The van der Waals surface area contributed by atoms with Crippen molar-refractivity contribution in [1.29, 1.82) is 0 Å². The van der Waals surface area contributed by atoms with E-state index in [-0.39, 0.29) is 11.9 Å². The molecule has 2 unspecified atom stereocenters. The molecular formula is C10H20N4O2. The Labute approximate surface area is 95.8 Å². The molecule has 0 aliphatic carbocycles. The molecule has 1 saturated heterocycles. The number of nitrogens with one attached hydrogen (secondary N) is 3. The van der Waals surface area contributed by atoms with Gasteiger partial charge in [0.05, 0.1) is 6.04 Å². The van der Waals surface area contributed by atoms with Gasteiger partial charge in [-0.1, -0.05) is 0 Å². The molecule has 0 radical (unpaired) electrons. The average molecular weight is 228 g/mol. The van der Waals surface area contributed by atoms with Crippen LogP contribution in [0.1, 0.15) is 13.3 Å². The van der Waals surface area contributed by atoms with E-state index in [2.05, 4.69) is 16.0 Å². The first-order valence-corrected chi connectivity index (χ1v) is 5.51. The highest BCUT2D eigenvalue weighted by Gasteiger charge is 2.27. The van der Waals surface area contributed by atoms with Crippen molar-refractivity contribution < 1.29 is 9.59 Å². The van der Waals surface area contributed by atoms with E-state index in [4.69, 9.17) is 0 Å². The van der Waals surface area contributed by atoms with E-state index in [0.717, 1.165) is 19.5 Å². The van der Waals surface area contributed by atoms with Gasteiger partial charge in [-0.3, -0.25) is 15.0 Å². The first kappa shape index (κ1) is 12.9. The Kier molecular flexibility index (Phi) is 4.70.